The van der Waals surface area contributed by atoms with Gasteiger partial charge in [-0.3, -0.25) is 9.88 Å². The van der Waals surface area contributed by atoms with Crippen molar-refractivity contribution in [2.24, 2.45) is 0 Å². The number of pyridine rings is 1. The van der Waals surface area contributed by atoms with Gasteiger partial charge in [0.2, 0.25) is 0 Å². The van der Waals surface area contributed by atoms with E-state index in [4.69, 9.17) is 9.47 Å². The lowest BCUT2D eigenvalue weighted by atomic mass is 9.97. The van der Waals surface area contributed by atoms with Gasteiger partial charge in [0.1, 0.15) is 5.60 Å². The zero-order chi connectivity index (χ0) is 26.8. The van der Waals surface area contributed by atoms with Crippen molar-refractivity contribution in [1.29, 1.82) is 0 Å². The van der Waals surface area contributed by atoms with Crippen LogP contribution in [0.15, 0.2) is 36.7 Å². The van der Waals surface area contributed by atoms with Crippen LogP contribution in [0, 0.1) is 6.92 Å². The predicted molar refractivity (Wildman–Crippen MR) is 140 cm³/mol. The number of halogens is 2. The number of fused-ring (bicyclic) bond motifs is 2. The summed E-state index contributed by atoms with van der Waals surface area (Å²) < 4.78 is 38.9. The minimum Gasteiger partial charge on any atom is -0.444 e. The lowest BCUT2D eigenvalue weighted by Gasteiger charge is -2.36. The molecule has 0 saturated heterocycles. The molecule has 1 aliphatic carbocycles. The number of ether oxygens (including phenoxy) is 2. The third kappa shape index (κ3) is 4.59. The maximum atomic E-state index is 13.1. The quantitative estimate of drug-likeness (QED) is 0.296. The number of carbonyl (C=O) groups excluding carboxylic acids is 1. The van der Waals surface area contributed by atoms with Crippen LogP contribution in [0.25, 0.3) is 32.7 Å². The highest BCUT2D eigenvalue weighted by atomic mass is 32.1. The Hall–Kier alpha value is -3.60. The van der Waals surface area contributed by atoms with Crippen molar-refractivity contribution in [2.75, 3.05) is 6.54 Å². The number of imidazole rings is 1. The van der Waals surface area contributed by atoms with E-state index in [2.05, 4.69) is 27.2 Å². The molecule has 1 saturated carbocycles. The molecular formula is C27H27F2N5O3S. The molecule has 0 aromatic carbocycles. The summed E-state index contributed by atoms with van der Waals surface area (Å²) in [7, 11) is 0. The van der Waals surface area contributed by atoms with E-state index in [-0.39, 0.29) is 23.0 Å². The van der Waals surface area contributed by atoms with Crippen molar-refractivity contribution in [2.45, 2.75) is 64.7 Å². The van der Waals surface area contributed by atoms with Crippen molar-refractivity contribution in [3.63, 3.8) is 0 Å². The summed E-state index contributed by atoms with van der Waals surface area (Å²) in [5.74, 6) is -0.0401. The third-order valence-corrected chi connectivity index (χ3v) is 7.91. The van der Waals surface area contributed by atoms with Crippen molar-refractivity contribution < 1.29 is 23.0 Å². The van der Waals surface area contributed by atoms with Crippen LogP contribution in [-0.2, 0) is 4.74 Å². The molecule has 4 aromatic rings. The van der Waals surface area contributed by atoms with E-state index in [1.165, 1.54) is 16.2 Å². The summed E-state index contributed by atoms with van der Waals surface area (Å²) in [4.78, 5) is 24.6. The number of nitrogens with zero attached hydrogens (tertiary/aromatic N) is 5. The molecule has 0 unspecified atom stereocenters. The molecule has 6 rings (SSSR count). The van der Waals surface area contributed by atoms with Gasteiger partial charge in [-0.2, -0.15) is 13.9 Å². The predicted octanol–water partition coefficient (Wildman–Crippen LogP) is 6.47. The average molecular weight is 540 g/mol. The van der Waals surface area contributed by atoms with Gasteiger partial charge in [-0.25, -0.2) is 14.3 Å². The Bertz CT molecular complexity index is 1600. The first-order chi connectivity index (χ1) is 18.0. The van der Waals surface area contributed by atoms with Crippen LogP contribution in [0.5, 0.6) is 5.75 Å². The summed E-state index contributed by atoms with van der Waals surface area (Å²) in [5, 5.41) is 4.55. The largest absolute Gasteiger partial charge is 0.444 e. The Morgan fingerprint density at radius 1 is 1.21 bits per heavy atom. The van der Waals surface area contributed by atoms with E-state index >= 15 is 0 Å². The number of alkyl halides is 2. The molecule has 8 nitrogen and oxygen atoms in total. The van der Waals surface area contributed by atoms with Gasteiger partial charge in [0.25, 0.3) is 0 Å². The number of thiophene rings is 1. The van der Waals surface area contributed by atoms with Gasteiger partial charge in [-0.05, 0) is 64.7 Å². The van der Waals surface area contributed by atoms with Crippen LogP contribution in [0.2, 0.25) is 0 Å². The fraction of sp³-hybridized carbons (Fsp3) is 0.407. The monoisotopic (exact) mass is 539 g/mol. The van der Waals surface area contributed by atoms with E-state index in [9.17, 15) is 13.6 Å². The fourth-order valence-corrected chi connectivity index (χ4v) is 5.98. The maximum absolute atomic E-state index is 13.1. The van der Waals surface area contributed by atoms with E-state index in [1.54, 1.807) is 30.7 Å². The zero-order valence-corrected chi connectivity index (χ0v) is 22.3. The fourth-order valence-electron chi connectivity index (χ4n) is 4.88. The molecule has 2 aliphatic rings. The second kappa shape index (κ2) is 8.72. The van der Waals surface area contributed by atoms with Crippen LogP contribution in [0.1, 0.15) is 50.6 Å². The van der Waals surface area contributed by atoms with E-state index in [1.807, 2.05) is 31.7 Å². The van der Waals surface area contributed by atoms with Crippen molar-refractivity contribution in [3.05, 3.63) is 47.2 Å². The number of aryl methyl sites for hydroxylation is 1. The van der Waals surface area contributed by atoms with Gasteiger partial charge in [-0.1, -0.05) is 6.08 Å². The van der Waals surface area contributed by atoms with Gasteiger partial charge in [0.05, 0.1) is 33.3 Å². The zero-order valence-electron chi connectivity index (χ0n) is 21.5. The maximum Gasteiger partial charge on any atom is 0.411 e. The lowest BCUT2D eigenvalue weighted by Crippen LogP contribution is -2.47. The highest BCUT2D eigenvalue weighted by Gasteiger charge is 2.52. The normalized spacial score (nSPS) is 16.9. The molecule has 11 heteroatoms. The molecule has 5 heterocycles. The SMILES string of the molecule is Cc1cn2nc(-c3cnc4cc(C5=CCN(C(=O)OC(C)(C)C)C6(CC6)C5)sc4c3)cc(OC(F)F)c2n1. The molecule has 198 valence electrons. The first-order valence-electron chi connectivity index (χ1n) is 12.4. The highest BCUT2D eigenvalue weighted by molar-refractivity contribution is 7.20. The Balaban J connectivity index is 1.30. The third-order valence-electron chi connectivity index (χ3n) is 6.76. The molecule has 0 radical (unpaired) electrons. The highest BCUT2D eigenvalue weighted by Crippen LogP contribution is 2.52. The summed E-state index contributed by atoms with van der Waals surface area (Å²) >= 11 is 1.62. The number of carbonyl (C=O) groups is 1. The molecule has 1 aliphatic heterocycles. The van der Waals surface area contributed by atoms with Crippen LogP contribution < -0.4 is 4.74 Å². The van der Waals surface area contributed by atoms with Crippen molar-refractivity contribution in [3.8, 4) is 17.0 Å². The van der Waals surface area contributed by atoms with Crippen LogP contribution in [0.4, 0.5) is 13.6 Å². The number of hydrogen-bond acceptors (Lipinski definition) is 7. The second-order valence-corrected chi connectivity index (χ2v) is 11.9. The number of amides is 1. The molecule has 0 N–H and O–H groups in total. The lowest BCUT2D eigenvalue weighted by molar-refractivity contribution is -0.0492. The van der Waals surface area contributed by atoms with Gasteiger partial charge in [0.15, 0.2) is 11.4 Å². The first-order valence-corrected chi connectivity index (χ1v) is 13.2. The first kappa shape index (κ1) is 24.7. The topological polar surface area (TPSA) is 81.9 Å². The van der Waals surface area contributed by atoms with Gasteiger partial charge in [0, 0.05) is 29.2 Å². The summed E-state index contributed by atoms with van der Waals surface area (Å²) in [6, 6.07) is 5.50. The van der Waals surface area contributed by atoms with E-state index in [0.29, 0.717) is 23.5 Å². The molecule has 1 spiro atoms. The summed E-state index contributed by atoms with van der Waals surface area (Å²) in [6.07, 6.45) is 7.88. The average Bonchev–Trinajstić information content (AvgIpc) is 3.27. The van der Waals surface area contributed by atoms with Gasteiger partial charge < -0.3 is 9.47 Å². The Kier molecular flexibility index (Phi) is 5.67. The molecular weight excluding hydrogens is 512 g/mol. The molecule has 1 fully saturated rings. The molecule has 1 amide bonds. The minimum atomic E-state index is -2.98. The standard InChI is InChI=1S/C27H27F2N5O3S/c1-15-14-34-23(31-15)20(36-24(28)29)10-18(32-34)17-9-22-19(30-13-17)11-21(38-22)16-5-8-33(27(12-16)6-7-27)25(35)37-26(2,3)4/h5,9-11,13-14,24H,6-8,12H2,1-4H3. The Labute approximate surface area is 221 Å². The summed E-state index contributed by atoms with van der Waals surface area (Å²) in [5.41, 5.74) is 3.36. The molecule has 38 heavy (non-hydrogen) atoms. The van der Waals surface area contributed by atoms with Crippen LogP contribution in [-0.4, -0.2) is 54.9 Å². The molecule has 0 bridgehead atoms. The molecule has 0 atom stereocenters. The van der Waals surface area contributed by atoms with E-state index in [0.717, 1.165) is 34.4 Å². The molecule has 4 aromatic heterocycles. The van der Waals surface area contributed by atoms with Crippen LogP contribution in [0.3, 0.4) is 0 Å². The smallest absolute Gasteiger partial charge is 0.411 e. The number of aromatic nitrogens is 4. The van der Waals surface area contributed by atoms with Gasteiger partial charge in [-0.15, -0.1) is 11.3 Å². The second-order valence-electron chi connectivity index (χ2n) is 10.9. The van der Waals surface area contributed by atoms with Gasteiger partial charge >= 0.3 is 12.7 Å². The van der Waals surface area contributed by atoms with Crippen molar-refractivity contribution in [1.82, 2.24) is 24.5 Å². The van der Waals surface area contributed by atoms with Crippen LogP contribution >= 0.6 is 11.3 Å². The summed E-state index contributed by atoms with van der Waals surface area (Å²) in [6.45, 7) is 4.94. The number of rotatable bonds is 4. The number of hydrogen-bond donors (Lipinski definition) is 0. The van der Waals surface area contributed by atoms with E-state index < -0.39 is 12.2 Å². The van der Waals surface area contributed by atoms with Crippen molar-refractivity contribution >= 4 is 38.9 Å². The minimum absolute atomic E-state index is 0.0401. The Morgan fingerprint density at radius 3 is 2.71 bits per heavy atom. The Morgan fingerprint density at radius 2 is 2.00 bits per heavy atom.